The summed E-state index contributed by atoms with van der Waals surface area (Å²) in [5.74, 6) is 0. The van der Waals surface area contributed by atoms with Crippen LogP contribution in [0.25, 0.3) is 0 Å². The van der Waals surface area contributed by atoms with E-state index in [-0.39, 0.29) is 6.61 Å². The van der Waals surface area contributed by atoms with Crippen LogP contribution in [0.3, 0.4) is 0 Å². The molecule has 4 nitrogen and oxygen atoms in total. The predicted molar refractivity (Wildman–Crippen MR) is 62.9 cm³/mol. The highest BCUT2D eigenvalue weighted by Gasteiger charge is 2.19. The first-order valence-corrected chi connectivity index (χ1v) is 5.58. The van der Waals surface area contributed by atoms with Gasteiger partial charge in [0.15, 0.2) is 0 Å². The van der Waals surface area contributed by atoms with E-state index < -0.39 is 6.10 Å². The molecule has 1 aromatic rings. The van der Waals surface area contributed by atoms with Crippen molar-refractivity contribution in [1.82, 2.24) is 4.90 Å². The van der Waals surface area contributed by atoms with E-state index in [1.54, 1.807) is 0 Å². The Hall–Kier alpha value is -1.10. The lowest BCUT2D eigenvalue weighted by atomic mass is 9.98. The molecule has 0 amide bonds. The van der Waals surface area contributed by atoms with Crippen LogP contribution in [0.4, 0.5) is 5.69 Å². The maximum atomic E-state index is 9.40. The normalized spacial score (nSPS) is 18.1. The van der Waals surface area contributed by atoms with Crippen molar-refractivity contribution in [1.29, 1.82) is 0 Å². The van der Waals surface area contributed by atoms with Crippen LogP contribution >= 0.6 is 0 Å². The van der Waals surface area contributed by atoms with E-state index in [4.69, 9.17) is 10.8 Å². The van der Waals surface area contributed by atoms with Crippen molar-refractivity contribution in [3.05, 3.63) is 29.3 Å². The molecule has 0 spiro atoms. The molecule has 1 aliphatic rings. The maximum absolute atomic E-state index is 9.40. The number of β-amino-alcohol motifs (C(OH)–C–C–N with tert-alkyl or cyclic N) is 1. The van der Waals surface area contributed by atoms with Gasteiger partial charge in [0, 0.05) is 25.3 Å². The third-order valence-corrected chi connectivity index (χ3v) is 3.07. The minimum atomic E-state index is -0.661. The molecule has 0 saturated heterocycles. The number of anilines is 1. The van der Waals surface area contributed by atoms with Crippen molar-refractivity contribution < 1.29 is 10.2 Å². The lowest BCUT2D eigenvalue weighted by Crippen LogP contribution is -2.38. The molecule has 88 valence electrons. The monoisotopic (exact) mass is 222 g/mol. The molecule has 2 rings (SSSR count). The Morgan fingerprint density at radius 1 is 1.44 bits per heavy atom. The first-order chi connectivity index (χ1) is 7.70. The number of hydrogen-bond donors (Lipinski definition) is 3. The summed E-state index contributed by atoms with van der Waals surface area (Å²) >= 11 is 0. The Kier molecular flexibility index (Phi) is 3.43. The van der Waals surface area contributed by atoms with E-state index in [2.05, 4.69) is 11.0 Å². The van der Waals surface area contributed by atoms with E-state index in [1.165, 1.54) is 11.1 Å². The molecule has 4 heteroatoms. The summed E-state index contributed by atoms with van der Waals surface area (Å²) in [4.78, 5) is 2.12. The molecule has 4 N–H and O–H groups in total. The average molecular weight is 222 g/mol. The van der Waals surface area contributed by atoms with Crippen LogP contribution in [0, 0.1) is 0 Å². The Labute approximate surface area is 95.3 Å². The lowest BCUT2D eigenvalue weighted by Gasteiger charge is -2.30. The number of rotatable bonds is 3. The molecule has 1 atom stereocenters. The van der Waals surface area contributed by atoms with E-state index >= 15 is 0 Å². The van der Waals surface area contributed by atoms with E-state index in [1.807, 2.05) is 12.1 Å². The van der Waals surface area contributed by atoms with E-state index in [0.717, 1.165) is 25.2 Å². The standard InChI is InChI=1S/C12H18N2O2/c13-12-3-1-2-9-4-5-14(7-11(9)12)6-10(16)8-15/h1-3,10,15-16H,4-8,13H2. The minimum Gasteiger partial charge on any atom is -0.398 e. The molecular formula is C12H18N2O2. The van der Waals surface area contributed by atoms with Crippen molar-refractivity contribution >= 4 is 5.69 Å². The number of nitrogens with two attached hydrogens (primary N) is 1. The van der Waals surface area contributed by atoms with Gasteiger partial charge in [-0.1, -0.05) is 12.1 Å². The van der Waals surface area contributed by atoms with Crippen LogP contribution in [0.2, 0.25) is 0 Å². The minimum absolute atomic E-state index is 0.187. The van der Waals surface area contributed by atoms with Gasteiger partial charge in [0.25, 0.3) is 0 Å². The fourth-order valence-electron chi connectivity index (χ4n) is 2.17. The number of hydrogen-bond acceptors (Lipinski definition) is 4. The number of nitrogens with zero attached hydrogens (tertiary/aromatic N) is 1. The highest BCUT2D eigenvalue weighted by Crippen LogP contribution is 2.24. The van der Waals surface area contributed by atoms with Gasteiger partial charge in [0.1, 0.15) is 0 Å². The van der Waals surface area contributed by atoms with Gasteiger partial charge in [-0.15, -0.1) is 0 Å². The van der Waals surface area contributed by atoms with Gasteiger partial charge in [-0.05, 0) is 23.6 Å². The van der Waals surface area contributed by atoms with Crippen LogP contribution in [-0.4, -0.2) is 40.9 Å². The lowest BCUT2D eigenvalue weighted by molar-refractivity contribution is 0.0552. The van der Waals surface area contributed by atoms with Crippen LogP contribution < -0.4 is 5.73 Å². The molecule has 0 fully saturated rings. The molecule has 16 heavy (non-hydrogen) atoms. The molecule has 0 aliphatic carbocycles. The summed E-state index contributed by atoms with van der Waals surface area (Å²) in [6, 6.07) is 5.99. The van der Waals surface area contributed by atoms with E-state index in [9.17, 15) is 5.11 Å². The zero-order valence-corrected chi connectivity index (χ0v) is 9.26. The largest absolute Gasteiger partial charge is 0.398 e. The molecule has 1 heterocycles. The van der Waals surface area contributed by atoms with Crippen molar-refractivity contribution in [3.63, 3.8) is 0 Å². The number of benzene rings is 1. The summed E-state index contributed by atoms with van der Waals surface area (Å²) in [7, 11) is 0. The molecule has 0 radical (unpaired) electrons. The second-order valence-corrected chi connectivity index (χ2v) is 4.31. The quantitative estimate of drug-likeness (QED) is 0.629. The number of aliphatic hydroxyl groups is 2. The highest BCUT2D eigenvalue weighted by atomic mass is 16.3. The van der Waals surface area contributed by atoms with Crippen LogP contribution in [0.5, 0.6) is 0 Å². The molecule has 1 aromatic carbocycles. The molecule has 0 saturated carbocycles. The fourth-order valence-corrected chi connectivity index (χ4v) is 2.17. The summed E-state index contributed by atoms with van der Waals surface area (Å²) < 4.78 is 0. The average Bonchev–Trinajstić information content (AvgIpc) is 2.30. The second kappa shape index (κ2) is 4.82. The van der Waals surface area contributed by atoms with Crippen molar-refractivity contribution in [3.8, 4) is 0 Å². The molecule has 0 aromatic heterocycles. The number of aliphatic hydroxyl groups excluding tert-OH is 2. The number of fused-ring (bicyclic) bond motifs is 1. The second-order valence-electron chi connectivity index (χ2n) is 4.31. The van der Waals surface area contributed by atoms with Gasteiger partial charge in [0.05, 0.1) is 12.7 Å². The highest BCUT2D eigenvalue weighted by molar-refractivity contribution is 5.51. The Balaban J connectivity index is 2.08. The third-order valence-electron chi connectivity index (χ3n) is 3.07. The molecule has 1 unspecified atom stereocenters. The van der Waals surface area contributed by atoms with Gasteiger partial charge in [-0.3, -0.25) is 4.90 Å². The molecule has 1 aliphatic heterocycles. The van der Waals surface area contributed by atoms with E-state index in [0.29, 0.717) is 6.54 Å². The summed E-state index contributed by atoms with van der Waals surface area (Å²) in [6.07, 6.45) is 0.296. The van der Waals surface area contributed by atoms with Crippen molar-refractivity contribution in [2.45, 2.75) is 19.1 Å². The van der Waals surface area contributed by atoms with Crippen LogP contribution in [0.1, 0.15) is 11.1 Å². The first kappa shape index (κ1) is 11.4. The third kappa shape index (κ3) is 2.35. The van der Waals surface area contributed by atoms with Gasteiger partial charge in [-0.2, -0.15) is 0 Å². The zero-order valence-electron chi connectivity index (χ0n) is 9.26. The smallest absolute Gasteiger partial charge is 0.0897 e. The molecular weight excluding hydrogens is 204 g/mol. The molecule has 0 bridgehead atoms. The predicted octanol–water partition coefficient (Wildman–Crippen LogP) is -0.0199. The summed E-state index contributed by atoms with van der Waals surface area (Å²) in [6.45, 7) is 1.99. The zero-order chi connectivity index (χ0) is 11.5. The Morgan fingerprint density at radius 2 is 2.25 bits per heavy atom. The summed E-state index contributed by atoms with van der Waals surface area (Å²) in [5, 5.41) is 18.2. The van der Waals surface area contributed by atoms with Gasteiger partial charge in [0.2, 0.25) is 0 Å². The number of nitrogen functional groups attached to an aromatic ring is 1. The van der Waals surface area contributed by atoms with Crippen LogP contribution in [-0.2, 0) is 13.0 Å². The van der Waals surface area contributed by atoms with Gasteiger partial charge >= 0.3 is 0 Å². The summed E-state index contributed by atoms with van der Waals surface area (Å²) in [5.41, 5.74) is 9.21. The first-order valence-electron chi connectivity index (χ1n) is 5.58. The van der Waals surface area contributed by atoms with Gasteiger partial charge < -0.3 is 15.9 Å². The van der Waals surface area contributed by atoms with Crippen molar-refractivity contribution in [2.75, 3.05) is 25.4 Å². The fraction of sp³-hybridized carbons (Fsp3) is 0.500. The SMILES string of the molecule is Nc1cccc2c1CN(CC(O)CO)CC2. The van der Waals surface area contributed by atoms with Crippen molar-refractivity contribution in [2.24, 2.45) is 0 Å². The Morgan fingerprint density at radius 3 is 3.00 bits per heavy atom. The van der Waals surface area contributed by atoms with Gasteiger partial charge in [-0.25, -0.2) is 0 Å². The topological polar surface area (TPSA) is 69.7 Å². The van der Waals surface area contributed by atoms with Crippen LogP contribution in [0.15, 0.2) is 18.2 Å². The maximum Gasteiger partial charge on any atom is 0.0897 e. The Bertz CT molecular complexity index is 368.